The number of carbonyl (C=O) groups is 1. The SMILES string of the molecule is C[C@@H]1C[C@@H](C)CN(CC(=O)Nc2ccc(F)cc2)C1. The van der Waals surface area contributed by atoms with Crippen molar-refractivity contribution in [1.29, 1.82) is 0 Å². The minimum absolute atomic E-state index is 0.0343. The summed E-state index contributed by atoms with van der Waals surface area (Å²) in [5.74, 6) is 0.953. The van der Waals surface area contributed by atoms with Gasteiger partial charge in [-0.05, 0) is 42.5 Å². The fourth-order valence-corrected chi connectivity index (χ4v) is 2.86. The van der Waals surface area contributed by atoms with Crippen LogP contribution in [0.2, 0.25) is 0 Å². The van der Waals surface area contributed by atoms with Gasteiger partial charge in [0.2, 0.25) is 5.91 Å². The van der Waals surface area contributed by atoms with Crippen molar-refractivity contribution in [3.8, 4) is 0 Å². The summed E-state index contributed by atoms with van der Waals surface area (Å²) in [5, 5.41) is 2.80. The van der Waals surface area contributed by atoms with E-state index in [9.17, 15) is 9.18 Å². The van der Waals surface area contributed by atoms with Crippen LogP contribution in [0.1, 0.15) is 20.3 Å². The molecule has 1 saturated heterocycles. The molecule has 0 spiro atoms. The summed E-state index contributed by atoms with van der Waals surface area (Å²) < 4.78 is 12.8. The second kappa shape index (κ2) is 6.15. The Kier molecular flexibility index (Phi) is 4.53. The van der Waals surface area contributed by atoms with Crippen molar-refractivity contribution >= 4 is 11.6 Å². The van der Waals surface area contributed by atoms with Gasteiger partial charge in [0.15, 0.2) is 0 Å². The topological polar surface area (TPSA) is 32.3 Å². The van der Waals surface area contributed by atoms with Gasteiger partial charge in [0.1, 0.15) is 5.82 Å². The summed E-state index contributed by atoms with van der Waals surface area (Å²) in [6.45, 7) is 6.80. The zero-order chi connectivity index (χ0) is 13.8. The van der Waals surface area contributed by atoms with Crippen LogP contribution in [-0.2, 0) is 4.79 Å². The van der Waals surface area contributed by atoms with E-state index >= 15 is 0 Å². The number of carbonyl (C=O) groups excluding carboxylic acids is 1. The third-order valence-electron chi connectivity index (χ3n) is 3.44. The largest absolute Gasteiger partial charge is 0.325 e. The quantitative estimate of drug-likeness (QED) is 0.910. The summed E-state index contributed by atoms with van der Waals surface area (Å²) in [4.78, 5) is 14.1. The Morgan fingerprint density at radius 1 is 1.26 bits per heavy atom. The van der Waals surface area contributed by atoms with Crippen LogP contribution < -0.4 is 5.32 Å². The molecule has 1 heterocycles. The molecule has 3 nitrogen and oxygen atoms in total. The molecule has 2 rings (SSSR count). The summed E-state index contributed by atoms with van der Waals surface area (Å²) in [6, 6.07) is 5.85. The molecule has 0 bridgehead atoms. The van der Waals surface area contributed by atoms with E-state index in [-0.39, 0.29) is 11.7 Å². The summed E-state index contributed by atoms with van der Waals surface area (Å²) in [7, 11) is 0. The number of hydrogen-bond donors (Lipinski definition) is 1. The predicted octanol–water partition coefficient (Wildman–Crippen LogP) is 2.74. The van der Waals surface area contributed by atoms with Gasteiger partial charge in [0, 0.05) is 18.8 Å². The molecule has 0 radical (unpaired) electrons. The van der Waals surface area contributed by atoms with E-state index in [2.05, 4.69) is 24.1 Å². The lowest BCUT2D eigenvalue weighted by Gasteiger charge is -2.34. The zero-order valence-corrected chi connectivity index (χ0v) is 11.5. The molecular weight excluding hydrogens is 243 g/mol. The van der Waals surface area contributed by atoms with Gasteiger partial charge in [-0.25, -0.2) is 4.39 Å². The van der Waals surface area contributed by atoms with Crippen LogP contribution >= 0.6 is 0 Å². The lowest BCUT2D eigenvalue weighted by atomic mass is 9.92. The van der Waals surface area contributed by atoms with Crippen LogP contribution in [-0.4, -0.2) is 30.4 Å². The minimum atomic E-state index is -0.295. The highest BCUT2D eigenvalue weighted by atomic mass is 19.1. The van der Waals surface area contributed by atoms with E-state index in [1.807, 2.05) is 0 Å². The first-order valence-corrected chi connectivity index (χ1v) is 6.80. The first kappa shape index (κ1) is 14.0. The summed E-state index contributed by atoms with van der Waals surface area (Å²) in [5.41, 5.74) is 0.643. The second-order valence-corrected chi connectivity index (χ2v) is 5.70. The third kappa shape index (κ3) is 4.31. The number of amides is 1. The number of nitrogens with one attached hydrogen (secondary N) is 1. The monoisotopic (exact) mass is 264 g/mol. The number of likely N-dealkylation sites (tertiary alicyclic amines) is 1. The molecule has 0 saturated carbocycles. The molecule has 19 heavy (non-hydrogen) atoms. The molecule has 1 aliphatic rings. The van der Waals surface area contributed by atoms with Crippen molar-refractivity contribution in [2.75, 3.05) is 25.0 Å². The minimum Gasteiger partial charge on any atom is -0.325 e. The second-order valence-electron chi connectivity index (χ2n) is 5.70. The molecule has 4 heteroatoms. The Hall–Kier alpha value is -1.42. The van der Waals surface area contributed by atoms with Gasteiger partial charge in [-0.3, -0.25) is 9.69 Å². The molecule has 1 fully saturated rings. The van der Waals surface area contributed by atoms with Gasteiger partial charge in [-0.1, -0.05) is 13.8 Å². The average molecular weight is 264 g/mol. The maximum absolute atomic E-state index is 12.8. The number of nitrogens with zero attached hydrogens (tertiary/aromatic N) is 1. The first-order chi connectivity index (χ1) is 9.02. The van der Waals surface area contributed by atoms with E-state index in [1.54, 1.807) is 12.1 Å². The normalized spacial score (nSPS) is 24.2. The Labute approximate surface area is 113 Å². The average Bonchev–Trinajstić information content (AvgIpc) is 2.30. The summed E-state index contributed by atoms with van der Waals surface area (Å²) in [6.07, 6.45) is 1.23. The third-order valence-corrected chi connectivity index (χ3v) is 3.44. The molecule has 1 aliphatic heterocycles. The molecule has 1 aromatic carbocycles. The molecule has 2 atom stereocenters. The maximum Gasteiger partial charge on any atom is 0.238 e. The fourth-order valence-electron chi connectivity index (χ4n) is 2.86. The smallest absolute Gasteiger partial charge is 0.238 e. The van der Waals surface area contributed by atoms with E-state index in [0.717, 1.165) is 13.1 Å². The van der Waals surface area contributed by atoms with Gasteiger partial charge in [0.05, 0.1) is 6.54 Å². The predicted molar refractivity (Wildman–Crippen MR) is 74.4 cm³/mol. The fraction of sp³-hybridized carbons (Fsp3) is 0.533. The Bertz CT molecular complexity index is 422. The molecule has 0 unspecified atom stereocenters. The molecule has 0 aliphatic carbocycles. The number of benzene rings is 1. The van der Waals surface area contributed by atoms with Crippen LogP contribution in [0, 0.1) is 17.7 Å². The van der Waals surface area contributed by atoms with Gasteiger partial charge < -0.3 is 5.32 Å². The first-order valence-electron chi connectivity index (χ1n) is 6.80. The van der Waals surface area contributed by atoms with E-state index < -0.39 is 0 Å². The van der Waals surface area contributed by atoms with Crippen molar-refractivity contribution in [3.05, 3.63) is 30.1 Å². The van der Waals surface area contributed by atoms with Crippen LogP contribution in [0.4, 0.5) is 10.1 Å². The summed E-state index contributed by atoms with van der Waals surface area (Å²) >= 11 is 0. The van der Waals surface area contributed by atoms with Crippen molar-refractivity contribution < 1.29 is 9.18 Å². The van der Waals surface area contributed by atoms with E-state index in [1.165, 1.54) is 18.6 Å². The Morgan fingerprint density at radius 2 is 1.84 bits per heavy atom. The van der Waals surface area contributed by atoms with Crippen molar-refractivity contribution in [2.45, 2.75) is 20.3 Å². The lowest BCUT2D eigenvalue weighted by molar-refractivity contribution is -0.117. The molecule has 104 valence electrons. The molecule has 1 N–H and O–H groups in total. The van der Waals surface area contributed by atoms with Gasteiger partial charge in [0.25, 0.3) is 0 Å². The van der Waals surface area contributed by atoms with Crippen molar-refractivity contribution in [2.24, 2.45) is 11.8 Å². The van der Waals surface area contributed by atoms with Crippen LogP contribution in [0.3, 0.4) is 0 Å². The van der Waals surface area contributed by atoms with Crippen LogP contribution in [0.25, 0.3) is 0 Å². The van der Waals surface area contributed by atoms with Crippen LogP contribution in [0.5, 0.6) is 0 Å². The van der Waals surface area contributed by atoms with E-state index in [0.29, 0.717) is 24.1 Å². The number of piperidine rings is 1. The highest BCUT2D eigenvalue weighted by molar-refractivity contribution is 5.92. The van der Waals surface area contributed by atoms with Gasteiger partial charge in [-0.2, -0.15) is 0 Å². The Balaban J connectivity index is 1.85. The lowest BCUT2D eigenvalue weighted by Crippen LogP contribution is -2.42. The van der Waals surface area contributed by atoms with Gasteiger partial charge >= 0.3 is 0 Å². The van der Waals surface area contributed by atoms with Crippen molar-refractivity contribution in [1.82, 2.24) is 4.90 Å². The molecular formula is C15H21FN2O. The molecule has 1 amide bonds. The van der Waals surface area contributed by atoms with Crippen molar-refractivity contribution in [3.63, 3.8) is 0 Å². The van der Waals surface area contributed by atoms with Crippen LogP contribution in [0.15, 0.2) is 24.3 Å². The Morgan fingerprint density at radius 3 is 2.42 bits per heavy atom. The zero-order valence-electron chi connectivity index (χ0n) is 11.5. The number of anilines is 1. The number of halogens is 1. The van der Waals surface area contributed by atoms with E-state index in [4.69, 9.17) is 0 Å². The number of rotatable bonds is 3. The standard InChI is InChI=1S/C15H21FN2O/c1-11-7-12(2)9-18(8-11)10-15(19)17-14-5-3-13(16)4-6-14/h3-6,11-12H,7-10H2,1-2H3,(H,17,19)/t11-,12-/m1/s1. The maximum atomic E-state index is 12.8. The highest BCUT2D eigenvalue weighted by Crippen LogP contribution is 2.20. The molecule has 0 aromatic heterocycles. The number of hydrogen-bond acceptors (Lipinski definition) is 2. The molecule has 1 aromatic rings. The highest BCUT2D eigenvalue weighted by Gasteiger charge is 2.23. The van der Waals surface area contributed by atoms with Gasteiger partial charge in [-0.15, -0.1) is 0 Å².